The van der Waals surface area contributed by atoms with Gasteiger partial charge in [-0.1, -0.05) is 6.42 Å². The molecule has 98 valence electrons. The molecule has 1 unspecified atom stereocenters. The number of piperidine rings is 2. The highest BCUT2D eigenvalue weighted by atomic mass is 16.5. The molecule has 0 aliphatic carbocycles. The van der Waals surface area contributed by atoms with Crippen LogP contribution >= 0.6 is 0 Å². The van der Waals surface area contributed by atoms with Gasteiger partial charge in [-0.05, 0) is 51.7 Å². The third-order valence-electron chi connectivity index (χ3n) is 4.01. The van der Waals surface area contributed by atoms with Crippen LogP contribution in [0, 0.1) is 0 Å². The summed E-state index contributed by atoms with van der Waals surface area (Å²) < 4.78 is 5.01. The van der Waals surface area contributed by atoms with E-state index in [0.29, 0.717) is 0 Å². The molecule has 4 heteroatoms. The molecule has 0 aromatic heterocycles. The Morgan fingerprint density at radius 2 is 2.00 bits per heavy atom. The first-order valence-corrected chi connectivity index (χ1v) is 6.83. The average molecular weight is 240 g/mol. The topological polar surface area (TPSA) is 41.6 Å². The van der Waals surface area contributed by atoms with E-state index in [9.17, 15) is 4.79 Å². The van der Waals surface area contributed by atoms with Crippen LogP contribution < -0.4 is 5.32 Å². The zero-order valence-electron chi connectivity index (χ0n) is 10.8. The Morgan fingerprint density at radius 3 is 2.59 bits per heavy atom. The Kier molecular flexibility index (Phi) is 4.40. The van der Waals surface area contributed by atoms with Crippen LogP contribution in [0.4, 0.5) is 0 Å². The Hall–Kier alpha value is -0.610. The van der Waals surface area contributed by atoms with Crippen molar-refractivity contribution in [3.63, 3.8) is 0 Å². The van der Waals surface area contributed by atoms with Crippen molar-refractivity contribution in [3.05, 3.63) is 0 Å². The molecular formula is C13H24N2O2. The number of rotatable bonds is 3. The monoisotopic (exact) mass is 240 g/mol. The third kappa shape index (κ3) is 2.99. The van der Waals surface area contributed by atoms with Gasteiger partial charge in [-0.3, -0.25) is 4.79 Å². The summed E-state index contributed by atoms with van der Waals surface area (Å²) in [5.41, 5.74) is -0.440. The molecule has 2 heterocycles. The van der Waals surface area contributed by atoms with Gasteiger partial charge in [0, 0.05) is 6.54 Å². The quantitative estimate of drug-likeness (QED) is 0.752. The van der Waals surface area contributed by atoms with Crippen molar-refractivity contribution in [2.24, 2.45) is 0 Å². The van der Waals surface area contributed by atoms with Crippen LogP contribution in [0.3, 0.4) is 0 Å². The largest absolute Gasteiger partial charge is 0.468 e. The maximum Gasteiger partial charge on any atom is 0.327 e. The fraction of sp³-hybridized carbons (Fsp3) is 0.923. The molecule has 2 saturated heterocycles. The normalized spacial score (nSPS) is 31.1. The number of nitrogens with one attached hydrogen (secondary N) is 1. The highest BCUT2D eigenvalue weighted by Gasteiger charge is 2.41. The van der Waals surface area contributed by atoms with E-state index in [2.05, 4.69) is 10.2 Å². The molecule has 0 amide bonds. The molecule has 2 fully saturated rings. The number of ether oxygens (including phenoxy) is 1. The standard InChI is InChI=1S/C13H24N2O2/c1-17-12(16)13(7-3-4-8-14-13)11-15-9-5-2-6-10-15/h14H,2-11H2,1H3. The van der Waals surface area contributed by atoms with Crippen molar-refractivity contribution in [1.82, 2.24) is 10.2 Å². The fourth-order valence-electron chi connectivity index (χ4n) is 3.04. The van der Waals surface area contributed by atoms with Crippen molar-refractivity contribution in [2.75, 3.05) is 33.3 Å². The van der Waals surface area contributed by atoms with Gasteiger partial charge in [0.2, 0.25) is 0 Å². The second-order valence-electron chi connectivity index (χ2n) is 5.29. The summed E-state index contributed by atoms with van der Waals surface area (Å²) in [7, 11) is 1.50. The average Bonchev–Trinajstić information content (AvgIpc) is 2.40. The minimum atomic E-state index is -0.440. The van der Waals surface area contributed by atoms with Crippen LogP contribution in [-0.2, 0) is 9.53 Å². The zero-order chi connectivity index (χ0) is 12.1. The van der Waals surface area contributed by atoms with Crippen molar-refractivity contribution < 1.29 is 9.53 Å². The molecule has 1 N–H and O–H groups in total. The van der Waals surface area contributed by atoms with E-state index in [1.54, 1.807) is 0 Å². The number of nitrogens with zero attached hydrogens (tertiary/aromatic N) is 1. The number of carbonyl (C=O) groups is 1. The molecule has 0 spiro atoms. The summed E-state index contributed by atoms with van der Waals surface area (Å²) in [5, 5.41) is 3.41. The summed E-state index contributed by atoms with van der Waals surface area (Å²) >= 11 is 0. The number of esters is 1. The summed E-state index contributed by atoms with van der Waals surface area (Å²) in [4.78, 5) is 14.5. The van der Waals surface area contributed by atoms with Crippen LogP contribution in [-0.4, -0.2) is 49.7 Å². The van der Waals surface area contributed by atoms with E-state index in [1.165, 1.54) is 32.8 Å². The van der Waals surface area contributed by atoms with E-state index >= 15 is 0 Å². The van der Waals surface area contributed by atoms with Crippen molar-refractivity contribution >= 4 is 5.97 Å². The summed E-state index contributed by atoms with van der Waals surface area (Å²) in [6.07, 6.45) is 7.05. The van der Waals surface area contributed by atoms with Gasteiger partial charge in [0.05, 0.1) is 7.11 Å². The van der Waals surface area contributed by atoms with Gasteiger partial charge in [-0.15, -0.1) is 0 Å². The molecule has 1 atom stereocenters. The Bertz CT molecular complexity index is 256. The maximum atomic E-state index is 12.1. The molecule has 2 aliphatic rings. The van der Waals surface area contributed by atoms with E-state index in [0.717, 1.165) is 39.0 Å². The van der Waals surface area contributed by atoms with E-state index in [1.807, 2.05) is 0 Å². The van der Waals surface area contributed by atoms with Crippen LogP contribution in [0.25, 0.3) is 0 Å². The van der Waals surface area contributed by atoms with Crippen LogP contribution in [0.2, 0.25) is 0 Å². The molecule has 0 bridgehead atoms. The van der Waals surface area contributed by atoms with Gasteiger partial charge in [-0.25, -0.2) is 0 Å². The van der Waals surface area contributed by atoms with Crippen molar-refractivity contribution in [3.8, 4) is 0 Å². The van der Waals surface area contributed by atoms with Crippen LogP contribution in [0.15, 0.2) is 0 Å². The summed E-state index contributed by atoms with van der Waals surface area (Å²) in [6.45, 7) is 4.00. The fourth-order valence-corrected chi connectivity index (χ4v) is 3.04. The Balaban J connectivity index is 2.01. The number of carbonyl (C=O) groups excluding carboxylic acids is 1. The summed E-state index contributed by atoms with van der Waals surface area (Å²) in [5.74, 6) is -0.0808. The smallest absolute Gasteiger partial charge is 0.327 e. The van der Waals surface area contributed by atoms with E-state index < -0.39 is 5.54 Å². The third-order valence-corrected chi connectivity index (χ3v) is 4.01. The minimum Gasteiger partial charge on any atom is -0.468 e. The lowest BCUT2D eigenvalue weighted by Gasteiger charge is -2.40. The van der Waals surface area contributed by atoms with Crippen molar-refractivity contribution in [1.29, 1.82) is 0 Å². The maximum absolute atomic E-state index is 12.1. The van der Waals surface area contributed by atoms with Crippen molar-refractivity contribution in [2.45, 2.75) is 44.1 Å². The lowest BCUT2D eigenvalue weighted by atomic mass is 9.87. The highest BCUT2D eigenvalue weighted by molar-refractivity contribution is 5.81. The number of hydrogen-bond acceptors (Lipinski definition) is 4. The lowest BCUT2D eigenvalue weighted by Crippen LogP contribution is -2.61. The van der Waals surface area contributed by atoms with E-state index in [-0.39, 0.29) is 5.97 Å². The first-order valence-electron chi connectivity index (χ1n) is 6.83. The number of likely N-dealkylation sites (tertiary alicyclic amines) is 1. The minimum absolute atomic E-state index is 0.0808. The highest BCUT2D eigenvalue weighted by Crippen LogP contribution is 2.23. The predicted octanol–water partition coefficient (Wildman–Crippen LogP) is 1.16. The molecular weight excluding hydrogens is 216 g/mol. The molecule has 17 heavy (non-hydrogen) atoms. The molecule has 2 rings (SSSR count). The first-order chi connectivity index (χ1) is 8.27. The van der Waals surface area contributed by atoms with Gasteiger partial charge in [-0.2, -0.15) is 0 Å². The molecule has 0 radical (unpaired) electrons. The lowest BCUT2D eigenvalue weighted by molar-refractivity contribution is -0.151. The van der Waals surface area contributed by atoms with Gasteiger partial charge >= 0.3 is 5.97 Å². The molecule has 2 aliphatic heterocycles. The second kappa shape index (κ2) is 5.83. The van der Waals surface area contributed by atoms with Gasteiger partial charge in [0.25, 0.3) is 0 Å². The molecule has 0 aromatic rings. The zero-order valence-corrected chi connectivity index (χ0v) is 10.8. The van der Waals surface area contributed by atoms with Gasteiger partial charge < -0.3 is 15.0 Å². The molecule has 0 aromatic carbocycles. The molecule has 4 nitrogen and oxygen atoms in total. The second-order valence-corrected chi connectivity index (χ2v) is 5.29. The van der Waals surface area contributed by atoms with E-state index in [4.69, 9.17) is 4.74 Å². The number of hydrogen-bond donors (Lipinski definition) is 1. The molecule has 0 saturated carbocycles. The Labute approximate surface area is 104 Å². The van der Waals surface area contributed by atoms with Gasteiger partial charge in [0.15, 0.2) is 0 Å². The first kappa shape index (κ1) is 12.8. The predicted molar refractivity (Wildman–Crippen MR) is 66.9 cm³/mol. The SMILES string of the molecule is COC(=O)C1(CN2CCCCC2)CCCCN1. The van der Waals surface area contributed by atoms with Crippen LogP contribution in [0.5, 0.6) is 0 Å². The number of methoxy groups -OCH3 is 1. The van der Waals surface area contributed by atoms with Gasteiger partial charge in [0.1, 0.15) is 5.54 Å². The summed E-state index contributed by atoms with van der Waals surface area (Å²) in [6, 6.07) is 0. The van der Waals surface area contributed by atoms with Crippen LogP contribution in [0.1, 0.15) is 38.5 Å². The Morgan fingerprint density at radius 1 is 1.24 bits per heavy atom.